The molecule has 0 spiro atoms. The lowest BCUT2D eigenvalue weighted by atomic mass is 9.98. The van der Waals surface area contributed by atoms with Gasteiger partial charge in [-0.05, 0) is 125 Å². The molecule has 0 amide bonds. The maximum atomic E-state index is 6.42. The highest BCUT2D eigenvalue weighted by molar-refractivity contribution is 5.81. The van der Waals surface area contributed by atoms with E-state index in [0.29, 0.717) is 28.8 Å². The lowest BCUT2D eigenvalue weighted by molar-refractivity contribution is 0.511. The monoisotopic (exact) mass is 686 g/mol. The van der Waals surface area contributed by atoms with Crippen molar-refractivity contribution < 1.29 is 0 Å². The first kappa shape index (κ1) is 36.4. The zero-order valence-corrected chi connectivity index (χ0v) is 30.5. The van der Waals surface area contributed by atoms with Crippen LogP contribution < -0.4 is 54.8 Å². The Morgan fingerprint density at radius 3 is 1.35 bits per heavy atom. The average molecular weight is 687 g/mol. The van der Waals surface area contributed by atoms with E-state index in [-0.39, 0.29) is 5.54 Å². The van der Waals surface area contributed by atoms with Gasteiger partial charge in [-0.3, -0.25) is 0 Å². The van der Waals surface area contributed by atoms with E-state index in [1.807, 2.05) is 54.6 Å². The number of nitrogen functional groups attached to an aromatic ring is 4. The summed E-state index contributed by atoms with van der Waals surface area (Å²) >= 11 is 0. The van der Waals surface area contributed by atoms with Gasteiger partial charge in [0.1, 0.15) is 0 Å². The van der Waals surface area contributed by atoms with Crippen LogP contribution in [0.2, 0.25) is 0 Å². The van der Waals surface area contributed by atoms with E-state index in [2.05, 4.69) is 103 Å². The Balaban J connectivity index is 1.42. The smallest absolute Gasteiger partial charge is 0.0425 e. The second kappa shape index (κ2) is 16.2. The summed E-state index contributed by atoms with van der Waals surface area (Å²) in [6.07, 6.45) is 4.35. The van der Waals surface area contributed by atoms with Gasteiger partial charge in [-0.2, -0.15) is 0 Å². The first-order valence-corrected chi connectivity index (χ1v) is 17.7. The minimum Gasteiger partial charge on any atom is -0.399 e. The summed E-state index contributed by atoms with van der Waals surface area (Å²) in [6, 6.07) is 32.0. The number of hydrogen-bond acceptors (Lipinski definition) is 10. The van der Waals surface area contributed by atoms with Crippen LogP contribution in [-0.4, -0.2) is 11.6 Å². The predicted octanol–water partition coefficient (Wildman–Crippen LogP) is 10.6. The summed E-state index contributed by atoms with van der Waals surface area (Å²) in [5.74, 6) is 0. The molecule has 0 radical (unpaired) electrons. The van der Waals surface area contributed by atoms with Crippen LogP contribution in [0.3, 0.4) is 0 Å². The maximum absolute atomic E-state index is 6.42. The lowest BCUT2D eigenvalue weighted by Gasteiger charge is -2.27. The van der Waals surface area contributed by atoms with Crippen molar-refractivity contribution in [1.29, 1.82) is 0 Å². The molecule has 0 fully saturated rings. The van der Waals surface area contributed by atoms with Gasteiger partial charge >= 0.3 is 0 Å². The quantitative estimate of drug-likeness (QED) is 0.0449. The molecule has 1 atom stereocenters. The van der Waals surface area contributed by atoms with Gasteiger partial charge in [-0.25, -0.2) is 0 Å². The van der Waals surface area contributed by atoms with Crippen LogP contribution in [0.25, 0.3) is 0 Å². The standard InChI is InChI=1S/C41H54N10/c1-6-9-26(3)46-34-16-29(44)17-35(21-34)49-36-18-30(45)19-37(22-36)50-40-24-38(23-39(25-40)48-33-14-27(42)13-28(43)15-33)47-31-10-8-11-32(20-31)51-41(4,5)12-7-2/h8,10-11,13-26,46-51H,6-7,9,12,42-45H2,1-5H3. The van der Waals surface area contributed by atoms with Crippen molar-refractivity contribution in [2.45, 2.75) is 71.9 Å². The average Bonchev–Trinajstić information content (AvgIpc) is 3.00. The molecule has 0 aromatic heterocycles. The van der Waals surface area contributed by atoms with Gasteiger partial charge in [-0.1, -0.05) is 32.8 Å². The molecule has 10 heteroatoms. The number of nitrogens with two attached hydrogens (primary N) is 4. The van der Waals surface area contributed by atoms with Crippen LogP contribution in [0.15, 0.2) is 97.1 Å². The van der Waals surface area contributed by atoms with E-state index in [1.165, 1.54) is 0 Å². The Morgan fingerprint density at radius 2 is 0.863 bits per heavy atom. The molecular formula is C41H54N10. The van der Waals surface area contributed by atoms with Crippen LogP contribution >= 0.6 is 0 Å². The molecule has 5 rings (SSSR count). The van der Waals surface area contributed by atoms with Crippen molar-refractivity contribution in [2.75, 3.05) is 54.8 Å². The van der Waals surface area contributed by atoms with Gasteiger partial charge in [0.25, 0.3) is 0 Å². The normalized spacial score (nSPS) is 11.8. The fraction of sp³-hybridized carbons (Fsp3) is 0.268. The van der Waals surface area contributed by atoms with Gasteiger partial charge in [0.2, 0.25) is 0 Å². The molecule has 5 aromatic carbocycles. The van der Waals surface area contributed by atoms with Gasteiger partial charge in [0.15, 0.2) is 0 Å². The van der Waals surface area contributed by atoms with Crippen LogP contribution in [0.1, 0.15) is 60.3 Å². The Kier molecular flexibility index (Phi) is 11.6. The predicted molar refractivity (Wildman–Crippen MR) is 224 cm³/mol. The Bertz CT molecular complexity index is 1920. The number of nitrogens with one attached hydrogen (secondary N) is 6. The molecule has 0 bridgehead atoms. The number of hydrogen-bond donors (Lipinski definition) is 10. The summed E-state index contributed by atoms with van der Waals surface area (Å²) < 4.78 is 0. The molecule has 51 heavy (non-hydrogen) atoms. The first-order chi connectivity index (χ1) is 24.3. The van der Waals surface area contributed by atoms with Gasteiger partial charge in [0.05, 0.1) is 0 Å². The van der Waals surface area contributed by atoms with E-state index < -0.39 is 0 Å². The number of rotatable bonds is 16. The van der Waals surface area contributed by atoms with Gasteiger partial charge in [-0.15, -0.1) is 0 Å². The molecule has 5 aromatic rings. The van der Waals surface area contributed by atoms with Crippen LogP contribution in [-0.2, 0) is 0 Å². The van der Waals surface area contributed by atoms with E-state index in [4.69, 9.17) is 22.9 Å². The molecule has 0 aliphatic carbocycles. The largest absolute Gasteiger partial charge is 0.399 e. The molecule has 0 saturated heterocycles. The summed E-state index contributed by atoms with van der Waals surface area (Å²) in [7, 11) is 0. The van der Waals surface area contributed by atoms with E-state index in [1.54, 1.807) is 6.07 Å². The van der Waals surface area contributed by atoms with Gasteiger partial charge < -0.3 is 54.8 Å². The molecular weight excluding hydrogens is 633 g/mol. The molecule has 0 aliphatic heterocycles. The summed E-state index contributed by atoms with van der Waals surface area (Å²) in [5.41, 5.74) is 36.2. The Morgan fingerprint density at radius 1 is 0.490 bits per heavy atom. The first-order valence-electron chi connectivity index (χ1n) is 17.7. The fourth-order valence-electron chi connectivity index (χ4n) is 6.41. The highest BCUT2D eigenvalue weighted by Gasteiger charge is 2.16. The lowest BCUT2D eigenvalue weighted by Crippen LogP contribution is -2.30. The van der Waals surface area contributed by atoms with Gasteiger partial charge in [0, 0.05) is 91.2 Å². The van der Waals surface area contributed by atoms with E-state index in [9.17, 15) is 0 Å². The van der Waals surface area contributed by atoms with Crippen LogP contribution in [0, 0.1) is 0 Å². The van der Waals surface area contributed by atoms with Crippen LogP contribution in [0.4, 0.5) is 79.6 Å². The third kappa shape index (κ3) is 11.1. The summed E-state index contributed by atoms with van der Waals surface area (Å²) in [6.45, 7) is 11.0. The Hall–Kier alpha value is -5.90. The molecule has 0 saturated carbocycles. The minimum absolute atomic E-state index is 0.0155. The topological polar surface area (TPSA) is 176 Å². The van der Waals surface area contributed by atoms with Crippen molar-refractivity contribution in [3.63, 3.8) is 0 Å². The highest BCUT2D eigenvalue weighted by atomic mass is 15.0. The zero-order valence-electron chi connectivity index (χ0n) is 30.5. The molecule has 0 heterocycles. The summed E-state index contributed by atoms with van der Waals surface area (Å²) in [5, 5.41) is 21.4. The second-order valence-corrected chi connectivity index (χ2v) is 14.0. The molecule has 10 nitrogen and oxygen atoms in total. The third-order valence-corrected chi connectivity index (χ3v) is 8.33. The minimum atomic E-state index is -0.0155. The van der Waals surface area contributed by atoms with E-state index in [0.717, 1.165) is 82.6 Å². The Labute approximate surface area is 302 Å². The number of anilines is 14. The number of benzene rings is 5. The molecule has 0 aliphatic rings. The molecule has 14 N–H and O–H groups in total. The van der Waals surface area contributed by atoms with Crippen molar-refractivity contribution >= 4 is 79.6 Å². The molecule has 268 valence electrons. The zero-order chi connectivity index (χ0) is 36.5. The summed E-state index contributed by atoms with van der Waals surface area (Å²) in [4.78, 5) is 0. The van der Waals surface area contributed by atoms with Crippen molar-refractivity contribution in [1.82, 2.24) is 0 Å². The fourth-order valence-corrected chi connectivity index (χ4v) is 6.41. The third-order valence-electron chi connectivity index (χ3n) is 8.33. The van der Waals surface area contributed by atoms with E-state index >= 15 is 0 Å². The van der Waals surface area contributed by atoms with Crippen molar-refractivity contribution in [3.8, 4) is 0 Å². The highest BCUT2D eigenvalue weighted by Crippen LogP contribution is 2.34. The molecule has 1 unspecified atom stereocenters. The second-order valence-electron chi connectivity index (χ2n) is 14.0. The SMILES string of the molecule is CCCC(C)Nc1cc(N)cc(Nc2cc(N)cc(Nc3cc(Nc4cc(N)cc(N)c4)cc(Nc4cccc(NC(C)(C)CCC)c4)c3)c2)c1. The van der Waals surface area contributed by atoms with Crippen LogP contribution in [0.5, 0.6) is 0 Å². The van der Waals surface area contributed by atoms with Crippen molar-refractivity contribution in [3.05, 3.63) is 97.1 Å². The maximum Gasteiger partial charge on any atom is 0.0425 e. The van der Waals surface area contributed by atoms with Crippen molar-refractivity contribution in [2.24, 2.45) is 0 Å².